The molecular formula is C13H26N2O3S. The van der Waals surface area contributed by atoms with Crippen LogP contribution in [0.25, 0.3) is 0 Å². The minimum atomic E-state index is -3.46. The largest absolute Gasteiger partial charge is 0.300 e. The van der Waals surface area contributed by atoms with Crippen molar-refractivity contribution in [1.29, 1.82) is 0 Å². The molecule has 0 amide bonds. The SMILES string of the molecule is CC(=O)CC1CCCCCN1S(=O)(=O)N(C)C(C)C. The van der Waals surface area contributed by atoms with Crippen molar-refractivity contribution in [1.82, 2.24) is 8.61 Å². The molecule has 1 rings (SSSR count). The molecule has 1 saturated heterocycles. The summed E-state index contributed by atoms with van der Waals surface area (Å²) in [4.78, 5) is 11.4. The van der Waals surface area contributed by atoms with Gasteiger partial charge in [0.05, 0.1) is 0 Å². The lowest BCUT2D eigenvalue weighted by molar-refractivity contribution is -0.117. The van der Waals surface area contributed by atoms with Crippen molar-refractivity contribution < 1.29 is 13.2 Å². The van der Waals surface area contributed by atoms with Gasteiger partial charge in [0.25, 0.3) is 10.2 Å². The van der Waals surface area contributed by atoms with Gasteiger partial charge in [0.15, 0.2) is 0 Å². The van der Waals surface area contributed by atoms with Crippen molar-refractivity contribution in [2.45, 2.75) is 65.0 Å². The second kappa shape index (κ2) is 6.81. The molecule has 0 spiro atoms. The molecule has 1 aliphatic rings. The number of carbonyl (C=O) groups excluding carboxylic acids is 1. The Hall–Kier alpha value is -0.460. The summed E-state index contributed by atoms with van der Waals surface area (Å²) in [5.41, 5.74) is 0. The van der Waals surface area contributed by atoms with Crippen molar-refractivity contribution in [2.75, 3.05) is 13.6 Å². The first-order chi connectivity index (χ1) is 8.76. The third kappa shape index (κ3) is 4.26. The molecule has 1 unspecified atom stereocenters. The molecule has 0 aromatic carbocycles. The van der Waals surface area contributed by atoms with Crippen LogP contribution in [0, 0.1) is 0 Å². The van der Waals surface area contributed by atoms with Crippen LogP contribution in [0.2, 0.25) is 0 Å². The molecule has 0 N–H and O–H groups in total. The maximum absolute atomic E-state index is 12.6. The predicted octanol–water partition coefficient (Wildman–Crippen LogP) is 1.80. The fraction of sp³-hybridized carbons (Fsp3) is 0.923. The molecule has 1 atom stereocenters. The summed E-state index contributed by atoms with van der Waals surface area (Å²) in [5.74, 6) is 0.0549. The van der Waals surface area contributed by atoms with Crippen molar-refractivity contribution in [3.63, 3.8) is 0 Å². The van der Waals surface area contributed by atoms with E-state index in [0.717, 1.165) is 25.7 Å². The molecule has 1 aliphatic heterocycles. The van der Waals surface area contributed by atoms with Crippen LogP contribution in [0.4, 0.5) is 0 Å². The number of ketones is 1. The van der Waals surface area contributed by atoms with E-state index in [2.05, 4.69) is 0 Å². The topological polar surface area (TPSA) is 57.7 Å². The Morgan fingerprint density at radius 3 is 2.47 bits per heavy atom. The van der Waals surface area contributed by atoms with E-state index < -0.39 is 10.2 Å². The number of nitrogens with zero attached hydrogens (tertiary/aromatic N) is 2. The quantitative estimate of drug-likeness (QED) is 0.775. The molecule has 19 heavy (non-hydrogen) atoms. The summed E-state index contributed by atoms with van der Waals surface area (Å²) in [6.07, 6.45) is 4.01. The van der Waals surface area contributed by atoms with E-state index in [1.165, 1.54) is 11.2 Å². The molecule has 1 heterocycles. The van der Waals surface area contributed by atoms with Gasteiger partial charge in [0.2, 0.25) is 0 Å². The third-order valence-electron chi connectivity index (χ3n) is 3.73. The Labute approximate surface area is 117 Å². The number of Topliss-reactive ketones (excluding diaryl/α,β-unsaturated/α-hetero) is 1. The number of carbonyl (C=O) groups is 1. The van der Waals surface area contributed by atoms with Crippen molar-refractivity contribution in [2.24, 2.45) is 0 Å². The lowest BCUT2D eigenvalue weighted by atomic mass is 10.1. The Bertz CT molecular complexity index is 406. The normalized spacial score (nSPS) is 22.7. The standard InChI is InChI=1S/C13H26N2O3S/c1-11(2)14(4)19(17,18)15-9-7-5-6-8-13(15)10-12(3)16/h11,13H,5-10H2,1-4H3. The Kier molecular flexibility index (Phi) is 5.95. The number of rotatable bonds is 5. The van der Waals surface area contributed by atoms with E-state index >= 15 is 0 Å². The molecular weight excluding hydrogens is 264 g/mol. The first-order valence-corrected chi connectivity index (χ1v) is 8.40. The van der Waals surface area contributed by atoms with E-state index in [9.17, 15) is 13.2 Å². The first kappa shape index (κ1) is 16.6. The molecule has 5 nitrogen and oxygen atoms in total. The monoisotopic (exact) mass is 290 g/mol. The molecule has 0 saturated carbocycles. The summed E-state index contributed by atoms with van der Waals surface area (Å²) in [6.45, 7) is 5.77. The highest BCUT2D eigenvalue weighted by Crippen LogP contribution is 2.24. The van der Waals surface area contributed by atoms with Gasteiger partial charge in [-0.25, -0.2) is 0 Å². The second-order valence-corrected chi connectivity index (χ2v) is 7.58. The van der Waals surface area contributed by atoms with Gasteiger partial charge in [0, 0.05) is 32.1 Å². The Morgan fingerprint density at radius 2 is 1.95 bits per heavy atom. The fourth-order valence-electron chi connectivity index (χ4n) is 2.42. The summed E-state index contributed by atoms with van der Waals surface area (Å²) >= 11 is 0. The first-order valence-electron chi connectivity index (χ1n) is 7.01. The minimum Gasteiger partial charge on any atom is -0.300 e. The lowest BCUT2D eigenvalue weighted by Crippen LogP contribution is -2.49. The van der Waals surface area contributed by atoms with Gasteiger partial charge in [-0.3, -0.25) is 4.79 Å². The van der Waals surface area contributed by atoms with E-state index in [-0.39, 0.29) is 17.9 Å². The number of hydrogen-bond acceptors (Lipinski definition) is 3. The smallest absolute Gasteiger partial charge is 0.282 e. The zero-order chi connectivity index (χ0) is 14.6. The highest BCUT2D eigenvalue weighted by molar-refractivity contribution is 7.86. The summed E-state index contributed by atoms with van der Waals surface area (Å²) in [6, 6.07) is -0.252. The molecule has 0 aromatic heterocycles. The van der Waals surface area contributed by atoms with Crippen LogP contribution in [0.3, 0.4) is 0 Å². The third-order valence-corrected chi connectivity index (χ3v) is 5.96. The number of hydrogen-bond donors (Lipinski definition) is 0. The van der Waals surface area contributed by atoms with Crippen LogP contribution in [-0.2, 0) is 15.0 Å². The molecule has 0 aliphatic carbocycles. The maximum Gasteiger partial charge on any atom is 0.282 e. The summed E-state index contributed by atoms with van der Waals surface area (Å²) in [5, 5.41) is 0. The average molecular weight is 290 g/mol. The van der Waals surface area contributed by atoms with Gasteiger partial charge >= 0.3 is 0 Å². The van der Waals surface area contributed by atoms with Crippen LogP contribution in [0.15, 0.2) is 0 Å². The highest BCUT2D eigenvalue weighted by atomic mass is 32.2. The van der Waals surface area contributed by atoms with Gasteiger partial charge in [-0.2, -0.15) is 17.0 Å². The minimum absolute atomic E-state index is 0.0549. The van der Waals surface area contributed by atoms with Crippen molar-refractivity contribution in [3.05, 3.63) is 0 Å². The van der Waals surface area contributed by atoms with Crippen LogP contribution in [0.5, 0.6) is 0 Å². The Morgan fingerprint density at radius 1 is 1.32 bits per heavy atom. The molecule has 0 bridgehead atoms. The van der Waals surface area contributed by atoms with Crippen LogP contribution < -0.4 is 0 Å². The van der Waals surface area contributed by atoms with Gasteiger partial charge in [0.1, 0.15) is 5.78 Å². The maximum atomic E-state index is 12.6. The average Bonchev–Trinajstić information content (AvgIpc) is 2.52. The van der Waals surface area contributed by atoms with Gasteiger partial charge < -0.3 is 0 Å². The molecule has 0 aromatic rings. The molecule has 6 heteroatoms. The second-order valence-electron chi connectivity index (χ2n) is 5.64. The van der Waals surface area contributed by atoms with Gasteiger partial charge in [-0.05, 0) is 33.6 Å². The van der Waals surface area contributed by atoms with Crippen molar-refractivity contribution >= 4 is 16.0 Å². The lowest BCUT2D eigenvalue weighted by Gasteiger charge is -2.33. The highest BCUT2D eigenvalue weighted by Gasteiger charge is 2.35. The van der Waals surface area contributed by atoms with Crippen LogP contribution >= 0.6 is 0 Å². The van der Waals surface area contributed by atoms with E-state index in [1.807, 2.05) is 13.8 Å². The van der Waals surface area contributed by atoms with Gasteiger partial charge in [-0.15, -0.1) is 0 Å². The molecule has 112 valence electrons. The molecule has 0 radical (unpaired) electrons. The summed E-state index contributed by atoms with van der Waals surface area (Å²) in [7, 11) is -1.86. The van der Waals surface area contributed by atoms with Gasteiger partial charge in [-0.1, -0.05) is 12.8 Å². The summed E-state index contributed by atoms with van der Waals surface area (Å²) < 4.78 is 28.2. The fourth-order valence-corrected chi connectivity index (χ4v) is 4.20. The van der Waals surface area contributed by atoms with Crippen LogP contribution in [-0.4, -0.2) is 48.5 Å². The molecule has 1 fully saturated rings. The van der Waals surface area contributed by atoms with Crippen LogP contribution in [0.1, 0.15) is 52.9 Å². The van der Waals surface area contributed by atoms with E-state index in [1.54, 1.807) is 11.4 Å². The predicted molar refractivity (Wildman–Crippen MR) is 76.1 cm³/mol. The van der Waals surface area contributed by atoms with Crippen molar-refractivity contribution in [3.8, 4) is 0 Å². The zero-order valence-corrected chi connectivity index (χ0v) is 13.2. The Balaban J connectivity index is 2.99. The van der Waals surface area contributed by atoms with E-state index in [0.29, 0.717) is 13.0 Å². The van der Waals surface area contributed by atoms with E-state index in [4.69, 9.17) is 0 Å². The zero-order valence-electron chi connectivity index (χ0n) is 12.4.